The van der Waals surface area contributed by atoms with E-state index in [1.165, 1.54) is 0 Å². The van der Waals surface area contributed by atoms with Crippen LogP contribution >= 0.6 is 0 Å². The van der Waals surface area contributed by atoms with Crippen molar-refractivity contribution in [3.05, 3.63) is 11.9 Å². The summed E-state index contributed by atoms with van der Waals surface area (Å²) in [6, 6.07) is 0.0610. The van der Waals surface area contributed by atoms with Gasteiger partial charge in [0.2, 0.25) is 11.8 Å². The average Bonchev–Trinajstić information content (AvgIpc) is 2.86. The lowest BCUT2D eigenvalue weighted by molar-refractivity contribution is 0.0953. The molecule has 1 aromatic heterocycles. The molecule has 0 spiro atoms. The van der Waals surface area contributed by atoms with Gasteiger partial charge in [0.25, 0.3) is 0 Å². The summed E-state index contributed by atoms with van der Waals surface area (Å²) in [7, 11) is 5.07. The van der Waals surface area contributed by atoms with Crippen LogP contribution in [0.3, 0.4) is 0 Å². The van der Waals surface area contributed by atoms with Crippen LogP contribution < -0.4 is 14.8 Å². The van der Waals surface area contributed by atoms with E-state index in [2.05, 4.69) is 22.2 Å². The lowest BCUT2D eigenvalue weighted by atomic mass is 9.91. The molecule has 6 nitrogen and oxygen atoms in total. The third-order valence-corrected chi connectivity index (χ3v) is 3.62. The molecule has 1 aliphatic heterocycles. The second kappa shape index (κ2) is 6.16. The largest absolute Gasteiger partial charge is 0.480 e. The second-order valence-corrected chi connectivity index (χ2v) is 4.60. The van der Waals surface area contributed by atoms with Crippen LogP contribution in [-0.2, 0) is 4.74 Å². The fourth-order valence-corrected chi connectivity index (χ4v) is 2.57. The third-order valence-electron chi connectivity index (χ3n) is 3.62. The summed E-state index contributed by atoms with van der Waals surface area (Å²) in [5.41, 5.74) is 0.799. The maximum atomic E-state index is 5.63. The average molecular weight is 267 g/mol. The number of ether oxygens (including phenoxy) is 3. The van der Waals surface area contributed by atoms with Gasteiger partial charge in [-0.05, 0) is 20.4 Å². The van der Waals surface area contributed by atoms with Gasteiger partial charge in [0.05, 0.1) is 32.6 Å². The van der Waals surface area contributed by atoms with Gasteiger partial charge in [-0.15, -0.1) is 0 Å². The van der Waals surface area contributed by atoms with Crippen molar-refractivity contribution in [1.29, 1.82) is 0 Å². The molecule has 0 radical (unpaired) electrons. The topological polar surface area (TPSA) is 65.5 Å². The molecule has 106 valence electrons. The lowest BCUT2D eigenvalue weighted by Gasteiger charge is -2.25. The van der Waals surface area contributed by atoms with Gasteiger partial charge in [-0.25, -0.2) is 4.98 Å². The van der Waals surface area contributed by atoms with Crippen molar-refractivity contribution in [1.82, 2.24) is 15.3 Å². The minimum Gasteiger partial charge on any atom is -0.480 e. The molecule has 1 N–H and O–H groups in total. The summed E-state index contributed by atoms with van der Waals surface area (Å²) in [6.07, 6.45) is 2.82. The third kappa shape index (κ3) is 2.79. The molecule has 2 heterocycles. The summed E-state index contributed by atoms with van der Waals surface area (Å²) in [4.78, 5) is 8.73. The first kappa shape index (κ1) is 14.0. The lowest BCUT2D eigenvalue weighted by Crippen LogP contribution is -2.30. The Morgan fingerprint density at radius 3 is 2.74 bits per heavy atom. The van der Waals surface area contributed by atoms with Gasteiger partial charge in [0, 0.05) is 12.5 Å². The number of nitrogens with one attached hydrogen (secondary N) is 1. The molecule has 19 heavy (non-hydrogen) atoms. The Labute approximate surface area is 113 Å². The van der Waals surface area contributed by atoms with Gasteiger partial charge < -0.3 is 19.5 Å². The van der Waals surface area contributed by atoms with Crippen LogP contribution in [0.1, 0.15) is 25.1 Å². The molecule has 1 fully saturated rings. The summed E-state index contributed by atoms with van der Waals surface area (Å²) >= 11 is 0. The van der Waals surface area contributed by atoms with E-state index < -0.39 is 0 Å². The summed E-state index contributed by atoms with van der Waals surface area (Å²) in [5.74, 6) is 1.31. The molecule has 0 aromatic carbocycles. The molecule has 1 aliphatic rings. The number of nitrogens with zero attached hydrogens (tertiary/aromatic N) is 2. The molecule has 6 heteroatoms. The maximum Gasteiger partial charge on any atom is 0.240 e. The standard InChI is InChI=1S/C13H21N3O3/c1-8-9(5-6-19-8)11(14-2)12-13(18-4)16-10(17-3)7-15-12/h7-9,11,14H,5-6H2,1-4H3. The second-order valence-electron chi connectivity index (χ2n) is 4.60. The first-order valence-electron chi connectivity index (χ1n) is 6.45. The Bertz CT molecular complexity index is 428. The van der Waals surface area contributed by atoms with Crippen LogP contribution in [0.2, 0.25) is 0 Å². The van der Waals surface area contributed by atoms with E-state index in [1.807, 2.05) is 7.05 Å². The quantitative estimate of drug-likeness (QED) is 0.864. The first-order valence-corrected chi connectivity index (χ1v) is 6.45. The van der Waals surface area contributed by atoms with E-state index in [9.17, 15) is 0 Å². The molecule has 1 aromatic rings. The van der Waals surface area contributed by atoms with Crippen LogP contribution in [-0.4, -0.2) is 43.9 Å². The normalized spacial score (nSPS) is 24.2. The summed E-state index contributed by atoms with van der Waals surface area (Å²) in [6.45, 7) is 2.88. The van der Waals surface area contributed by atoms with E-state index in [0.29, 0.717) is 17.7 Å². The van der Waals surface area contributed by atoms with Crippen LogP contribution in [0.4, 0.5) is 0 Å². The highest BCUT2D eigenvalue weighted by atomic mass is 16.5. The first-order chi connectivity index (χ1) is 9.21. The number of rotatable bonds is 5. The van der Waals surface area contributed by atoms with Crippen LogP contribution in [0, 0.1) is 5.92 Å². The van der Waals surface area contributed by atoms with Crippen molar-refractivity contribution in [2.45, 2.75) is 25.5 Å². The van der Waals surface area contributed by atoms with Gasteiger partial charge in [-0.3, -0.25) is 0 Å². The Morgan fingerprint density at radius 2 is 2.21 bits per heavy atom. The van der Waals surface area contributed by atoms with E-state index in [1.54, 1.807) is 20.4 Å². The Balaban J connectivity index is 2.31. The summed E-state index contributed by atoms with van der Waals surface area (Å²) in [5, 5.41) is 3.30. The SMILES string of the molecule is CNC(c1ncc(OC)nc1OC)C1CCOC1C. The number of hydrogen-bond donors (Lipinski definition) is 1. The van der Waals surface area contributed by atoms with Crippen molar-refractivity contribution in [2.75, 3.05) is 27.9 Å². The number of aromatic nitrogens is 2. The molecule has 3 unspecified atom stereocenters. The zero-order valence-electron chi connectivity index (χ0n) is 11.8. The fraction of sp³-hybridized carbons (Fsp3) is 0.692. The molecule has 0 bridgehead atoms. The van der Waals surface area contributed by atoms with Crippen LogP contribution in [0.15, 0.2) is 6.20 Å². The van der Waals surface area contributed by atoms with Gasteiger partial charge >= 0.3 is 0 Å². The van der Waals surface area contributed by atoms with Gasteiger partial charge in [-0.2, -0.15) is 4.98 Å². The zero-order valence-corrected chi connectivity index (χ0v) is 11.8. The minimum absolute atomic E-state index is 0.0610. The van der Waals surface area contributed by atoms with Crippen molar-refractivity contribution in [2.24, 2.45) is 5.92 Å². The van der Waals surface area contributed by atoms with Gasteiger partial charge in [0.1, 0.15) is 5.69 Å². The van der Waals surface area contributed by atoms with Crippen molar-refractivity contribution in [3.63, 3.8) is 0 Å². The monoisotopic (exact) mass is 267 g/mol. The Morgan fingerprint density at radius 1 is 1.42 bits per heavy atom. The van der Waals surface area contributed by atoms with Crippen molar-refractivity contribution >= 4 is 0 Å². The molecule has 0 aliphatic carbocycles. The predicted octanol–water partition coefficient (Wildman–Crippen LogP) is 1.18. The zero-order chi connectivity index (χ0) is 13.8. The van der Waals surface area contributed by atoms with Gasteiger partial charge in [-0.1, -0.05) is 0 Å². The molecule has 1 saturated heterocycles. The highest BCUT2D eigenvalue weighted by molar-refractivity contribution is 5.26. The fourth-order valence-electron chi connectivity index (χ4n) is 2.57. The molecule has 0 saturated carbocycles. The Hall–Kier alpha value is -1.40. The van der Waals surface area contributed by atoms with E-state index >= 15 is 0 Å². The van der Waals surface area contributed by atoms with E-state index in [-0.39, 0.29) is 12.1 Å². The predicted molar refractivity (Wildman–Crippen MR) is 70.5 cm³/mol. The number of methoxy groups -OCH3 is 2. The van der Waals surface area contributed by atoms with E-state index in [0.717, 1.165) is 18.7 Å². The van der Waals surface area contributed by atoms with Gasteiger partial charge in [0.15, 0.2) is 0 Å². The summed E-state index contributed by atoms with van der Waals surface area (Å²) < 4.78 is 16.0. The highest BCUT2D eigenvalue weighted by Crippen LogP contribution is 2.35. The Kier molecular flexibility index (Phi) is 4.55. The van der Waals surface area contributed by atoms with Crippen LogP contribution in [0.25, 0.3) is 0 Å². The smallest absolute Gasteiger partial charge is 0.240 e. The number of hydrogen-bond acceptors (Lipinski definition) is 6. The van der Waals surface area contributed by atoms with Crippen molar-refractivity contribution < 1.29 is 14.2 Å². The molecular weight excluding hydrogens is 246 g/mol. The minimum atomic E-state index is 0.0610. The highest BCUT2D eigenvalue weighted by Gasteiger charge is 2.34. The molecule has 3 atom stereocenters. The molecular formula is C13H21N3O3. The van der Waals surface area contributed by atoms with Crippen LogP contribution in [0.5, 0.6) is 11.8 Å². The van der Waals surface area contributed by atoms with Crippen molar-refractivity contribution in [3.8, 4) is 11.8 Å². The molecule has 2 rings (SSSR count). The maximum absolute atomic E-state index is 5.63. The van der Waals surface area contributed by atoms with E-state index in [4.69, 9.17) is 14.2 Å². The molecule has 0 amide bonds.